The summed E-state index contributed by atoms with van der Waals surface area (Å²) in [5.41, 5.74) is 12.0. The summed E-state index contributed by atoms with van der Waals surface area (Å²) in [7, 11) is 1.28. The van der Waals surface area contributed by atoms with Gasteiger partial charge < -0.3 is 16.2 Å². The van der Waals surface area contributed by atoms with Gasteiger partial charge in [-0.3, -0.25) is 0 Å². The molecule has 4 N–H and O–H groups in total. The summed E-state index contributed by atoms with van der Waals surface area (Å²) in [6.45, 7) is 0. The quantitative estimate of drug-likeness (QED) is 0.579. The van der Waals surface area contributed by atoms with E-state index < -0.39 is 5.97 Å². The summed E-state index contributed by atoms with van der Waals surface area (Å²) in [6.07, 6.45) is 0. The average molecular weight is 245 g/mol. The third-order valence-corrected chi connectivity index (χ3v) is 2.01. The van der Waals surface area contributed by atoms with E-state index in [1.807, 2.05) is 0 Å². The zero-order valence-corrected chi connectivity index (χ0v) is 8.59. The Balaban J connectivity index is 3.28. The second-order valence-corrected chi connectivity index (χ2v) is 3.37. The number of nitrogens with two attached hydrogens (primary N) is 2. The summed E-state index contributed by atoms with van der Waals surface area (Å²) in [6, 6.07) is 3.20. The van der Waals surface area contributed by atoms with E-state index >= 15 is 0 Å². The van der Waals surface area contributed by atoms with Gasteiger partial charge in [-0.15, -0.1) is 0 Å². The smallest absolute Gasteiger partial charge is 0.342 e. The molecule has 5 heteroatoms. The molecule has 0 aliphatic heterocycles. The first-order chi connectivity index (χ1) is 6.06. The number of carbonyl (C=O) groups excluding carboxylic acids is 1. The fraction of sp³-hybridized carbons (Fsp3) is 0.125. The topological polar surface area (TPSA) is 78.3 Å². The number of benzene rings is 1. The van der Waals surface area contributed by atoms with Crippen molar-refractivity contribution >= 4 is 33.3 Å². The van der Waals surface area contributed by atoms with E-state index in [2.05, 4.69) is 20.7 Å². The Bertz CT molecular complexity index is 329. The highest BCUT2D eigenvalue weighted by atomic mass is 79.9. The molecule has 0 spiro atoms. The van der Waals surface area contributed by atoms with E-state index in [9.17, 15) is 4.79 Å². The van der Waals surface area contributed by atoms with Crippen molar-refractivity contribution in [2.24, 2.45) is 0 Å². The molecule has 0 heterocycles. The Kier molecular flexibility index (Phi) is 2.77. The van der Waals surface area contributed by atoms with E-state index in [4.69, 9.17) is 11.5 Å². The van der Waals surface area contributed by atoms with Crippen LogP contribution in [0.2, 0.25) is 0 Å². The van der Waals surface area contributed by atoms with Gasteiger partial charge in [0.2, 0.25) is 0 Å². The molecule has 0 aromatic heterocycles. The minimum absolute atomic E-state index is 0.214. The molecule has 1 aromatic rings. The molecule has 0 aliphatic carbocycles. The molecule has 0 radical (unpaired) electrons. The van der Waals surface area contributed by atoms with Crippen LogP contribution in [0.3, 0.4) is 0 Å². The Morgan fingerprint density at radius 1 is 1.38 bits per heavy atom. The highest BCUT2D eigenvalue weighted by Crippen LogP contribution is 2.25. The number of hydrogen-bond donors (Lipinski definition) is 2. The largest absolute Gasteiger partial charge is 0.465 e. The Morgan fingerprint density at radius 2 is 1.85 bits per heavy atom. The third kappa shape index (κ3) is 1.92. The molecule has 0 saturated heterocycles. The van der Waals surface area contributed by atoms with Crippen molar-refractivity contribution in [1.29, 1.82) is 0 Å². The molecule has 0 amide bonds. The van der Waals surface area contributed by atoms with Crippen LogP contribution in [-0.4, -0.2) is 13.1 Å². The fourth-order valence-electron chi connectivity index (χ4n) is 0.988. The normalized spacial score (nSPS) is 9.69. The monoisotopic (exact) mass is 244 g/mol. The standard InChI is InChI=1S/C8H9BrN2O2/c1-13-8(12)7-5(10)2-4(9)3-6(7)11/h2-3H,10-11H2,1H3. The van der Waals surface area contributed by atoms with Crippen LogP contribution in [0.15, 0.2) is 16.6 Å². The Labute approximate surface area is 84.0 Å². The lowest BCUT2D eigenvalue weighted by Crippen LogP contribution is -2.09. The van der Waals surface area contributed by atoms with Crippen LogP contribution in [0.4, 0.5) is 11.4 Å². The van der Waals surface area contributed by atoms with Crippen molar-refractivity contribution in [3.05, 3.63) is 22.2 Å². The number of carbonyl (C=O) groups is 1. The molecule has 4 nitrogen and oxygen atoms in total. The van der Waals surface area contributed by atoms with Crippen LogP contribution >= 0.6 is 15.9 Å². The lowest BCUT2D eigenvalue weighted by atomic mass is 10.1. The molecule has 13 heavy (non-hydrogen) atoms. The van der Waals surface area contributed by atoms with Gasteiger partial charge >= 0.3 is 5.97 Å². The highest BCUT2D eigenvalue weighted by molar-refractivity contribution is 9.10. The predicted molar refractivity (Wildman–Crippen MR) is 54.3 cm³/mol. The molecule has 1 aromatic carbocycles. The van der Waals surface area contributed by atoms with Gasteiger partial charge in [0.15, 0.2) is 0 Å². The summed E-state index contributed by atoms with van der Waals surface area (Å²) in [5, 5.41) is 0. The number of ether oxygens (including phenoxy) is 1. The second kappa shape index (κ2) is 3.66. The van der Waals surface area contributed by atoms with Crippen LogP contribution in [-0.2, 0) is 4.74 Å². The molecule has 1 rings (SSSR count). The van der Waals surface area contributed by atoms with E-state index in [1.165, 1.54) is 7.11 Å². The maximum absolute atomic E-state index is 11.2. The van der Waals surface area contributed by atoms with E-state index in [-0.39, 0.29) is 5.56 Å². The van der Waals surface area contributed by atoms with Gasteiger partial charge in [-0.2, -0.15) is 0 Å². The average Bonchev–Trinajstić information content (AvgIpc) is 2.02. The zero-order valence-electron chi connectivity index (χ0n) is 7.00. The number of nitrogen functional groups attached to an aromatic ring is 2. The van der Waals surface area contributed by atoms with Crippen molar-refractivity contribution in [2.45, 2.75) is 0 Å². The Hall–Kier alpha value is -1.23. The van der Waals surface area contributed by atoms with Crippen LogP contribution in [0.5, 0.6) is 0 Å². The molecule has 0 fully saturated rings. The molecule has 0 aliphatic rings. The summed E-state index contributed by atoms with van der Waals surface area (Å²) >= 11 is 3.21. The number of hydrogen-bond acceptors (Lipinski definition) is 4. The molecule has 0 unspecified atom stereocenters. The lowest BCUT2D eigenvalue weighted by Gasteiger charge is -2.07. The van der Waals surface area contributed by atoms with Gasteiger partial charge in [-0.05, 0) is 12.1 Å². The third-order valence-electron chi connectivity index (χ3n) is 1.55. The fourth-order valence-corrected chi connectivity index (χ4v) is 1.48. The number of anilines is 2. The molecular weight excluding hydrogens is 236 g/mol. The summed E-state index contributed by atoms with van der Waals surface area (Å²) in [4.78, 5) is 11.2. The predicted octanol–water partition coefficient (Wildman–Crippen LogP) is 1.40. The molecule has 70 valence electrons. The Morgan fingerprint density at radius 3 is 2.23 bits per heavy atom. The lowest BCUT2D eigenvalue weighted by molar-refractivity contribution is 0.0603. The molecule has 0 bridgehead atoms. The first-order valence-electron chi connectivity index (χ1n) is 3.49. The van der Waals surface area contributed by atoms with Crippen LogP contribution < -0.4 is 11.5 Å². The maximum Gasteiger partial charge on any atom is 0.342 e. The molecule has 0 atom stereocenters. The summed E-state index contributed by atoms with van der Waals surface area (Å²) in [5.74, 6) is -0.525. The SMILES string of the molecule is COC(=O)c1c(N)cc(Br)cc1N. The van der Waals surface area contributed by atoms with Gasteiger partial charge in [0.1, 0.15) is 5.56 Å². The van der Waals surface area contributed by atoms with Gasteiger partial charge in [-0.1, -0.05) is 15.9 Å². The van der Waals surface area contributed by atoms with E-state index in [0.717, 1.165) is 4.47 Å². The summed E-state index contributed by atoms with van der Waals surface area (Å²) < 4.78 is 5.26. The number of halogens is 1. The first-order valence-corrected chi connectivity index (χ1v) is 4.28. The van der Waals surface area contributed by atoms with Crippen molar-refractivity contribution in [1.82, 2.24) is 0 Å². The number of methoxy groups -OCH3 is 1. The minimum atomic E-state index is -0.525. The van der Waals surface area contributed by atoms with Gasteiger partial charge in [0.05, 0.1) is 7.11 Å². The first kappa shape index (κ1) is 9.85. The van der Waals surface area contributed by atoms with Gasteiger partial charge in [0, 0.05) is 15.8 Å². The van der Waals surface area contributed by atoms with E-state index in [0.29, 0.717) is 11.4 Å². The minimum Gasteiger partial charge on any atom is -0.465 e. The molecular formula is C8H9BrN2O2. The van der Waals surface area contributed by atoms with E-state index in [1.54, 1.807) is 12.1 Å². The number of esters is 1. The van der Waals surface area contributed by atoms with Gasteiger partial charge in [-0.25, -0.2) is 4.79 Å². The maximum atomic E-state index is 11.2. The zero-order chi connectivity index (χ0) is 10.0. The van der Waals surface area contributed by atoms with Crippen molar-refractivity contribution in [2.75, 3.05) is 18.6 Å². The highest BCUT2D eigenvalue weighted by Gasteiger charge is 2.14. The second-order valence-electron chi connectivity index (χ2n) is 2.45. The van der Waals surface area contributed by atoms with Crippen LogP contribution in [0, 0.1) is 0 Å². The van der Waals surface area contributed by atoms with Crippen molar-refractivity contribution < 1.29 is 9.53 Å². The van der Waals surface area contributed by atoms with Crippen molar-refractivity contribution in [3.63, 3.8) is 0 Å². The van der Waals surface area contributed by atoms with Crippen LogP contribution in [0.1, 0.15) is 10.4 Å². The van der Waals surface area contributed by atoms with Crippen LogP contribution in [0.25, 0.3) is 0 Å². The number of rotatable bonds is 1. The van der Waals surface area contributed by atoms with Gasteiger partial charge in [0.25, 0.3) is 0 Å². The van der Waals surface area contributed by atoms with Crippen molar-refractivity contribution in [3.8, 4) is 0 Å². The molecule has 0 saturated carbocycles.